The average molecular weight is 1120 g/mol. The van der Waals surface area contributed by atoms with Crippen LogP contribution in [0.4, 0.5) is 0 Å². The Morgan fingerprint density at radius 3 is 0.988 bits per heavy atom. The molecule has 0 aliphatic rings. The second-order valence-electron chi connectivity index (χ2n) is 21.9. The van der Waals surface area contributed by atoms with Crippen LogP contribution in [0.25, 0.3) is 0 Å². The van der Waals surface area contributed by atoms with E-state index < -0.39 is 24.3 Å². The van der Waals surface area contributed by atoms with Gasteiger partial charge < -0.3 is 33.3 Å². The fraction of sp³-hybridized carbons (Fsp3) is 0.625. The molecule has 0 saturated heterocycles. The van der Waals surface area contributed by atoms with E-state index in [9.17, 15) is 19.5 Å². The summed E-state index contributed by atoms with van der Waals surface area (Å²) < 4.78 is 22.7. The van der Waals surface area contributed by atoms with Crippen molar-refractivity contribution >= 4 is 17.9 Å². The van der Waals surface area contributed by atoms with Crippen molar-refractivity contribution in [1.82, 2.24) is 0 Å². The third-order valence-corrected chi connectivity index (χ3v) is 13.1. The quantitative estimate of drug-likeness (QED) is 0.0195. The second kappa shape index (κ2) is 61.2. The third kappa shape index (κ3) is 62.6. The summed E-state index contributed by atoms with van der Waals surface area (Å²) >= 11 is 0. The summed E-state index contributed by atoms with van der Waals surface area (Å²) in [7, 11) is 5.91. The zero-order valence-electron chi connectivity index (χ0n) is 52.1. The Morgan fingerprint density at radius 2 is 0.667 bits per heavy atom. The Kier molecular flexibility index (Phi) is 57.6. The molecule has 0 fully saturated rings. The minimum absolute atomic E-state index is 0.137. The molecule has 458 valence electrons. The van der Waals surface area contributed by atoms with E-state index in [0.29, 0.717) is 17.4 Å². The van der Waals surface area contributed by atoms with Crippen molar-refractivity contribution in [1.29, 1.82) is 0 Å². The maximum Gasteiger partial charge on any atom is 0.306 e. The molecule has 0 aliphatic heterocycles. The van der Waals surface area contributed by atoms with Gasteiger partial charge in [-0.3, -0.25) is 9.59 Å². The minimum atomic E-state index is -1.63. The Labute approximate surface area is 496 Å². The van der Waals surface area contributed by atoms with Crippen LogP contribution in [0.3, 0.4) is 0 Å². The molecular weight excluding hydrogens is 1010 g/mol. The van der Waals surface area contributed by atoms with Gasteiger partial charge in [-0.15, -0.1) is 0 Å². The van der Waals surface area contributed by atoms with Crippen LogP contribution < -0.4 is 5.11 Å². The summed E-state index contributed by atoms with van der Waals surface area (Å²) in [5, 5.41) is 11.8. The van der Waals surface area contributed by atoms with E-state index in [1.165, 1.54) is 64.2 Å². The van der Waals surface area contributed by atoms with Gasteiger partial charge in [-0.1, -0.05) is 250 Å². The molecule has 0 bridgehead atoms. The van der Waals surface area contributed by atoms with E-state index in [0.717, 1.165) is 135 Å². The molecule has 0 radical (unpaired) electrons. The standard InChI is InChI=1S/C72H117NO8/c1-6-8-10-12-14-16-18-20-22-24-26-28-30-32-34-35-37-39-41-43-45-47-49-51-53-55-57-59-61-63-70(75)81-68(67-80-72(71(76)77)78-65-64-73(3,4)5)66-79-69(74)62-60-58-56-54-52-50-48-46-44-42-40-38-36-33-31-29-27-25-23-21-19-17-15-13-11-9-7-2/h8-11,14-17,20-23,26-29,32-34,36-37,39-40,42,68,72H,6-7,12-13,18-19,24-25,30-31,35,38,41,43-67H2,1-5H3/b10-8-,11-9-,16-14-,17-15-,22-20-,23-21-,28-26-,29-27-,34-32-,36-33-,39-37-,42-40-. The van der Waals surface area contributed by atoms with Gasteiger partial charge in [0, 0.05) is 12.8 Å². The highest BCUT2D eigenvalue weighted by atomic mass is 16.7. The number of likely N-dealkylation sites (N-methyl/N-ethyl adjacent to an activating group) is 1. The minimum Gasteiger partial charge on any atom is -0.545 e. The van der Waals surface area contributed by atoms with Crippen molar-refractivity contribution in [3.05, 3.63) is 146 Å². The molecule has 0 aromatic rings. The highest BCUT2D eigenvalue weighted by Gasteiger charge is 2.22. The number of quaternary nitrogens is 1. The van der Waals surface area contributed by atoms with Gasteiger partial charge in [0.1, 0.15) is 13.2 Å². The van der Waals surface area contributed by atoms with Crippen molar-refractivity contribution in [3.63, 3.8) is 0 Å². The fourth-order valence-corrected chi connectivity index (χ4v) is 8.25. The van der Waals surface area contributed by atoms with Gasteiger partial charge in [-0.25, -0.2) is 0 Å². The largest absolute Gasteiger partial charge is 0.545 e. The first kappa shape index (κ1) is 76.2. The van der Waals surface area contributed by atoms with Crippen LogP contribution in [0.2, 0.25) is 0 Å². The number of allylic oxidation sites excluding steroid dienone is 24. The van der Waals surface area contributed by atoms with Gasteiger partial charge in [0.2, 0.25) is 0 Å². The molecule has 0 rings (SSSR count). The molecule has 0 heterocycles. The number of hydrogen-bond acceptors (Lipinski definition) is 8. The molecule has 2 unspecified atom stereocenters. The van der Waals surface area contributed by atoms with Gasteiger partial charge in [-0.05, 0) is 116 Å². The van der Waals surface area contributed by atoms with Crippen LogP contribution in [0.15, 0.2) is 146 Å². The number of carboxylic acid groups (broad SMARTS) is 1. The molecular formula is C72H117NO8. The molecule has 0 N–H and O–H groups in total. The van der Waals surface area contributed by atoms with E-state index in [1.807, 2.05) is 21.1 Å². The topological polar surface area (TPSA) is 111 Å². The monoisotopic (exact) mass is 1120 g/mol. The predicted molar refractivity (Wildman–Crippen MR) is 342 cm³/mol. The van der Waals surface area contributed by atoms with Gasteiger partial charge in [0.25, 0.3) is 0 Å². The number of carboxylic acids is 1. The Balaban J connectivity index is 4.26. The summed E-state index contributed by atoms with van der Waals surface area (Å²) in [6, 6.07) is 0. The first-order valence-electron chi connectivity index (χ1n) is 32.0. The van der Waals surface area contributed by atoms with Crippen molar-refractivity contribution in [3.8, 4) is 0 Å². The maximum atomic E-state index is 12.9. The Hall–Kier alpha value is -4.83. The zero-order valence-corrected chi connectivity index (χ0v) is 52.1. The predicted octanol–water partition coefficient (Wildman–Crippen LogP) is 18.2. The lowest BCUT2D eigenvalue weighted by Crippen LogP contribution is -2.44. The molecule has 9 nitrogen and oxygen atoms in total. The van der Waals surface area contributed by atoms with E-state index in [-0.39, 0.29) is 38.6 Å². The van der Waals surface area contributed by atoms with Crippen LogP contribution in [-0.2, 0) is 33.3 Å². The van der Waals surface area contributed by atoms with E-state index in [2.05, 4.69) is 160 Å². The third-order valence-electron chi connectivity index (χ3n) is 13.1. The molecule has 0 aromatic heterocycles. The van der Waals surface area contributed by atoms with Gasteiger partial charge in [-0.2, -0.15) is 0 Å². The number of nitrogens with zero attached hydrogens (tertiary/aromatic N) is 1. The summed E-state index contributed by atoms with van der Waals surface area (Å²) in [5.41, 5.74) is 0. The number of hydrogen-bond donors (Lipinski definition) is 0. The summed E-state index contributed by atoms with van der Waals surface area (Å²) in [4.78, 5) is 37.4. The second-order valence-corrected chi connectivity index (χ2v) is 21.9. The van der Waals surface area contributed by atoms with Crippen molar-refractivity contribution in [2.75, 3.05) is 47.5 Å². The summed E-state index contributed by atoms with van der Waals surface area (Å²) in [6.07, 6.45) is 86.1. The number of esters is 2. The molecule has 0 amide bonds. The number of ether oxygens (including phenoxy) is 4. The Morgan fingerprint density at radius 1 is 0.370 bits per heavy atom. The number of aliphatic carboxylic acids is 1. The summed E-state index contributed by atoms with van der Waals surface area (Å²) in [5.74, 6) is -2.31. The molecule has 9 heteroatoms. The fourth-order valence-electron chi connectivity index (χ4n) is 8.25. The molecule has 0 spiro atoms. The maximum absolute atomic E-state index is 12.9. The van der Waals surface area contributed by atoms with E-state index in [4.69, 9.17) is 18.9 Å². The van der Waals surface area contributed by atoms with Crippen molar-refractivity contribution in [2.24, 2.45) is 0 Å². The first-order chi connectivity index (χ1) is 39.6. The summed E-state index contributed by atoms with van der Waals surface area (Å²) in [6.45, 7) is 4.49. The van der Waals surface area contributed by atoms with E-state index >= 15 is 0 Å². The van der Waals surface area contributed by atoms with Crippen LogP contribution >= 0.6 is 0 Å². The van der Waals surface area contributed by atoms with Gasteiger partial charge in [0.15, 0.2) is 12.4 Å². The lowest BCUT2D eigenvalue weighted by Gasteiger charge is -2.26. The Bertz CT molecular complexity index is 1840. The average Bonchev–Trinajstić information content (AvgIpc) is 3.44. The van der Waals surface area contributed by atoms with Gasteiger partial charge >= 0.3 is 11.9 Å². The van der Waals surface area contributed by atoms with Crippen LogP contribution in [0.5, 0.6) is 0 Å². The highest BCUT2D eigenvalue weighted by Crippen LogP contribution is 2.15. The number of rotatable bonds is 57. The normalized spacial score (nSPS) is 13.7. The SMILES string of the molecule is CC/C=C\C/C=C\C/C=C\C/C=C\C/C=C\C/C=C\CCCCCCCCCCCCC(=O)OC(COC(=O)CCCCCCCCCC/C=C\C/C=C\C/C=C\C/C=C\C/C=C\C/C=C\CC)COC(OCC[N+](C)(C)C)C(=O)[O-]. The van der Waals surface area contributed by atoms with Crippen LogP contribution in [0.1, 0.15) is 232 Å². The van der Waals surface area contributed by atoms with E-state index in [1.54, 1.807) is 0 Å². The molecule has 0 saturated carbocycles. The molecule has 0 aromatic carbocycles. The molecule has 2 atom stereocenters. The van der Waals surface area contributed by atoms with Crippen molar-refractivity contribution < 1.29 is 42.9 Å². The van der Waals surface area contributed by atoms with Crippen LogP contribution in [-0.4, -0.2) is 82.3 Å². The lowest BCUT2D eigenvalue weighted by atomic mass is 10.0. The number of carbonyl (C=O) groups excluding carboxylic acids is 3. The first-order valence-corrected chi connectivity index (χ1v) is 32.0. The van der Waals surface area contributed by atoms with Gasteiger partial charge in [0.05, 0.1) is 40.3 Å². The number of unbranched alkanes of at least 4 members (excludes halogenated alkanes) is 18. The number of carbonyl (C=O) groups is 3. The van der Waals surface area contributed by atoms with Crippen LogP contribution in [0, 0.1) is 0 Å². The lowest BCUT2D eigenvalue weighted by molar-refractivity contribution is -0.870. The molecule has 0 aliphatic carbocycles. The van der Waals surface area contributed by atoms with Crippen molar-refractivity contribution in [2.45, 2.75) is 245 Å². The highest BCUT2D eigenvalue weighted by molar-refractivity contribution is 5.70. The molecule has 81 heavy (non-hydrogen) atoms. The smallest absolute Gasteiger partial charge is 0.306 e. The zero-order chi connectivity index (χ0) is 59.1.